The molecule has 1 unspecified atom stereocenters. The number of anilines is 1. The summed E-state index contributed by atoms with van der Waals surface area (Å²) in [5, 5.41) is 3.08. The number of carbonyl (C=O) groups excluding carboxylic acids is 1. The van der Waals surface area contributed by atoms with Gasteiger partial charge in [-0.05, 0) is 54.8 Å². The molecule has 4 nitrogen and oxygen atoms in total. The van der Waals surface area contributed by atoms with E-state index >= 15 is 0 Å². The van der Waals surface area contributed by atoms with E-state index in [4.69, 9.17) is 4.74 Å². The van der Waals surface area contributed by atoms with Gasteiger partial charge in [0, 0.05) is 36.4 Å². The minimum atomic E-state index is -0.225. The summed E-state index contributed by atoms with van der Waals surface area (Å²) in [4.78, 5) is 15.0. The fourth-order valence-corrected chi connectivity index (χ4v) is 3.76. The Labute approximate surface area is 176 Å². The lowest BCUT2D eigenvalue weighted by atomic mass is 10.1. The molecule has 0 aromatic heterocycles. The molecule has 0 aliphatic carbocycles. The Morgan fingerprint density at radius 3 is 2.53 bits per heavy atom. The zero-order valence-electron chi connectivity index (χ0n) is 16.8. The van der Waals surface area contributed by atoms with Gasteiger partial charge in [-0.15, -0.1) is 0 Å². The number of carbonyl (C=O) groups is 1. The summed E-state index contributed by atoms with van der Waals surface area (Å²) in [5.74, 6) is 0.838. The molecular weight excluding hydrogens is 379 g/mol. The molecule has 3 aromatic carbocycles. The van der Waals surface area contributed by atoms with E-state index in [1.165, 1.54) is 12.1 Å². The quantitative estimate of drug-likeness (QED) is 0.623. The van der Waals surface area contributed by atoms with Crippen molar-refractivity contribution >= 4 is 11.6 Å². The average Bonchev–Trinajstić information content (AvgIpc) is 3.26. The molecule has 1 fully saturated rings. The molecule has 1 N–H and O–H groups in total. The van der Waals surface area contributed by atoms with Crippen LogP contribution < -0.4 is 15.0 Å². The van der Waals surface area contributed by atoms with Crippen LogP contribution in [-0.2, 0) is 6.61 Å². The summed E-state index contributed by atoms with van der Waals surface area (Å²) in [6, 6.07) is 23.7. The third-order valence-electron chi connectivity index (χ3n) is 5.43. The number of ether oxygens (including phenoxy) is 1. The average molecular weight is 404 g/mol. The number of amides is 1. The summed E-state index contributed by atoms with van der Waals surface area (Å²) >= 11 is 0. The fraction of sp³-hybridized carbons (Fsp3) is 0.240. The lowest BCUT2D eigenvalue weighted by molar-refractivity contribution is 0.0945. The fourth-order valence-electron chi connectivity index (χ4n) is 3.76. The predicted molar refractivity (Wildman–Crippen MR) is 116 cm³/mol. The molecule has 1 amide bonds. The molecule has 30 heavy (non-hydrogen) atoms. The van der Waals surface area contributed by atoms with Crippen LogP contribution in [0.2, 0.25) is 0 Å². The Morgan fingerprint density at radius 2 is 1.73 bits per heavy atom. The Bertz CT molecular complexity index is 976. The van der Waals surface area contributed by atoms with Crippen molar-refractivity contribution in [3.63, 3.8) is 0 Å². The van der Waals surface area contributed by atoms with Gasteiger partial charge in [-0.2, -0.15) is 0 Å². The first kappa shape index (κ1) is 20.0. The van der Waals surface area contributed by atoms with Crippen molar-refractivity contribution in [3.05, 3.63) is 95.8 Å². The van der Waals surface area contributed by atoms with E-state index in [-0.39, 0.29) is 11.7 Å². The molecular formula is C25H25FN2O2. The first-order valence-electron chi connectivity index (χ1n) is 10.2. The van der Waals surface area contributed by atoms with Crippen molar-refractivity contribution in [2.75, 3.05) is 24.5 Å². The number of benzene rings is 3. The minimum Gasteiger partial charge on any atom is -0.489 e. The SMILES string of the molecule is O=C(NCC1CCN(c2ccc(F)cc2)C1)c1ccccc1COc1ccccc1. The zero-order chi connectivity index (χ0) is 20.8. The first-order valence-corrected chi connectivity index (χ1v) is 10.2. The van der Waals surface area contributed by atoms with Gasteiger partial charge < -0.3 is 15.0 Å². The maximum Gasteiger partial charge on any atom is 0.251 e. The van der Waals surface area contributed by atoms with Gasteiger partial charge in [0.1, 0.15) is 18.2 Å². The van der Waals surface area contributed by atoms with Crippen molar-refractivity contribution in [1.29, 1.82) is 0 Å². The lowest BCUT2D eigenvalue weighted by Crippen LogP contribution is -2.31. The van der Waals surface area contributed by atoms with E-state index in [9.17, 15) is 9.18 Å². The third-order valence-corrected chi connectivity index (χ3v) is 5.43. The maximum atomic E-state index is 13.1. The summed E-state index contributed by atoms with van der Waals surface area (Å²) in [7, 11) is 0. The van der Waals surface area contributed by atoms with E-state index in [0.717, 1.165) is 36.5 Å². The second kappa shape index (κ2) is 9.44. The lowest BCUT2D eigenvalue weighted by Gasteiger charge is -2.19. The van der Waals surface area contributed by atoms with E-state index < -0.39 is 0 Å². The molecule has 0 saturated carbocycles. The van der Waals surface area contributed by atoms with Gasteiger partial charge in [0.15, 0.2) is 0 Å². The highest BCUT2D eigenvalue weighted by Crippen LogP contribution is 2.24. The normalized spacial score (nSPS) is 15.8. The maximum absolute atomic E-state index is 13.1. The van der Waals surface area contributed by atoms with Crippen LogP contribution in [-0.4, -0.2) is 25.5 Å². The number of nitrogens with zero attached hydrogens (tertiary/aromatic N) is 1. The van der Waals surface area contributed by atoms with Crippen LogP contribution in [0.4, 0.5) is 10.1 Å². The van der Waals surface area contributed by atoms with Gasteiger partial charge in [0.05, 0.1) is 0 Å². The van der Waals surface area contributed by atoms with E-state index in [1.54, 1.807) is 12.1 Å². The van der Waals surface area contributed by atoms with E-state index in [2.05, 4.69) is 10.2 Å². The molecule has 0 radical (unpaired) electrons. The molecule has 4 rings (SSSR count). The summed E-state index contributed by atoms with van der Waals surface area (Å²) in [5.41, 5.74) is 2.52. The molecule has 1 aliphatic heterocycles. The summed E-state index contributed by atoms with van der Waals surface area (Å²) < 4.78 is 18.9. The smallest absolute Gasteiger partial charge is 0.251 e. The highest BCUT2D eigenvalue weighted by molar-refractivity contribution is 5.95. The van der Waals surface area contributed by atoms with Gasteiger partial charge in [0.2, 0.25) is 0 Å². The Hall–Kier alpha value is -3.34. The first-order chi connectivity index (χ1) is 14.7. The van der Waals surface area contributed by atoms with Crippen molar-refractivity contribution in [1.82, 2.24) is 5.32 Å². The second-order valence-electron chi connectivity index (χ2n) is 7.55. The Kier molecular flexibility index (Phi) is 6.28. The highest BCUT2D eigenvalue weighted by Gasteiger charge is 2.23. The van der Waals surface area contributed by atoms with Crippen LogP contribution >= 0.6 is 0 Å². The molecule has 0 bridgehead atoms. The van der Waals surface area contributed by atoms with Crippen LogP contribution in [0.15, 0.2) is 78.9 Å². The van der Waals surface area contributed by atoms with Gasteiger partial charge in [-0.25, -0.2) is 4.39 Å². The summed E-state index contributed by atoms with van der Waals surface area (Å²) in [6.45, 7) is 2.72. The van der Waals surface area contributed by atoms with Crippen LogP contribution in [0, 0.1) is 11.7 Å². The number of rotatable bonds is 7. The van der Waals surface area contributed by atoms with Gasteiger partial charge >= 0.3 is 0 Å². The number of nitrogens with one attached hydrogen (secondary N) is 1. The Balaban J connectivity index is 1.32. The van der Waals surface area contributed by atoms with Crippen LogP contribution in [0.1, 0.15) is 22.3 Å². The minimum absolute atomic E-state index is 0.0810. The van der Waals surface area contributed by atoms with Crippen LogP contribution in [0.3, 0.4) is 0 Å². The Morgan fingerprint density at radius 1 is 1.00 bits per heavy atom. The van der Waals surface area contributed by atoms with E-state index in [1.807, 2.05) is 54.6 Å². The van der Waals surface area contributed by atoms with Crippen LogP contribution in [0.25, 0.3) is 0 Å². The zero-order valence-corrected chi connectivity index (χ0v) is 16.8. The van der Waals surface area contributed by atoms with Crippen LogP contribution in [0.5, 0.6) is 5.75 Å². The molecule has 154 valence electrons. The number of halogens is 1. The predicted octanol–water partition coefficient (Wildman–Crippen LogP) is 4.66. The molecule has 5 heteroatoms. The molecule has 1 aliphatic rings. The second-order valence-corrected chi connectivity index (χ2v) is 7.55. The molecule has 1 heterocycles. The van der Waals surface area contributed by atoms with Crippen molar-refractivity contribution in [3.8, 4) is 5.75 Å². The molecule has 3 aromatic rings. The standard InChI is InChI=1S/C25H25FN2O2/c26-21-10-12-22(13-11-21)28-15-14-19(17-28)16-27-25(29)24-9-5-4-6-20(24)18-30-23-7-2-1-3-8-23/h1-13,19H,14-18H2,(H,27,29). The largest absolute Gasteiger partial charge is 0.489 e. The summed E-state index contributed by atoms with van der Waals surface area (Å²) in [6.07, 6.45) is 0.996. The van der Waals surface area contributed by atoms with E-state index in [0.29, 0.717) is 24.6 Å². The van der Waals surface area contributed by atoms with Gasteiger partial charge in [-0.3, -0.25) is 4.79 Å². The molecule has 1 saturated heterocycles. The molecule has 0 spiro atoms. The van der Waals surface area contributed by atoms with Crippen molar-refractivity contribution in [2.45, 2.75) is 13.0 Å². The van der Waals surface area contributed by atoms with Gasteiger partial charge in [-0.1, -0.05) is 36.4 Å². The monoisotopic (exact) mass is 404 g/mol. The topological polar surface area (TPSA) is 41.6 Å². The van der Waals surface area contributed by atoms with Crippen molar-refractivity contribution < 1.29 is 13.9 Å². The van der Waals surface area contributed by atoms with Gasteiger partial charge in [0.25, 0.3) is 5.91 Å². The number of hydrogen-bond donors (Lipinski definition) is 1. The number of hydrogen-bond acceptors (Lipinski definition) is 3. The number of para-hydroxylation sites is 1. The molecule has 1 atom stereocenters. The third kappa shape index (κ3) is 4.98. The van der Waals surface area contributed by atoms with Crippen molar-refractivity contribution in [2.24, 2.45) is 5.92 Å². The highest BCUT2D eigenvalue weighted by atomic mass is 19.1.